The number of benzene rings is 2. The van der Waals surface area contributed by atoms with Crippen LogP contribution in [0.15, 0.2) is 66.9 Å². The van der Waals surface area contributed by atoms with E-state index in [4.69, 9.17) is 0 Å². The highest BCUT2D eigenvalue weighted by Gasteiger charge is 2.32. The van der Waals surface area contributed by atoms with E-state index in [2.05, 4.69) is 4.98 Å². The Morgan fingerprint density at radius 1 is 0.946 bits per heavy atom. The molecule has 1 saturated heterocycles. The molecule has 5 rings (SSSR count). The third-order valence-electron chi connectivity index (χ3n) is 7.14. The van der Waals surface area contributed by atoms with Crippen LogP contribution in [0.4, 0.5) is 18.9 Å². The topological polar surface area (TPSA) is 53.5 Å². The third kappa shape index (κ3) is 5.38. The summed E-state index contributed by atoms with van der Waals surface area (Å²) < 4.78 is 39.4. The molecule has 2 aliphatic heterocycles. The van der Waals surface area contributed by atoms with Gasteiger partial charge in [0.15, 0.2) is 0 Å². The minimum Gasteiger partial charge on any atom is -0.332 e. The molecule has 0 unspecified atom stereocenters. The molecule has 0 spiro atoms. The maximum Gasteiger partial charge on any atom is 0.416 e. The van der Waals surface area contributed by atoms with Gasteiger partial charge >= 0.3 is 6.18 Å². The fourth-order valence-corrected chi connectivity index (χ4v) is 5.30. The molecule has 2 amide bonds. The van der Waals surface area contributed by atoms with Gasteiger partial charge < -0.3 is 9.80 Å². The van der Waals surface area contributed by atoms with Crippen molar-refractivity contribution in [2.75, 3.05) is 18.0 Å². The molecule has 192 valence electrons. The van der Waals surface area contributed by atoms with Crippen LogP contribution >= 0.6 is 0 Å². The Hall–Kier alpha value is -3.68. The number of nitrogens with zero attached hydrogens (tertiary/aromatic N) is 3. The van der Waals surface area contributed by atoms with Crippen molar-refractivity contribution in [3.63, 3.8) is 0 Å². The summed E-state index contributed by atoms with van der Waals surface area (Å²) in [5.41, 5.74) is 2.33. The SMILES string of the molecule is O=C(Cc1cccc(C(F)(F)F)c1)N1CCCc2ncc(C(=O)N3CCCC[C@@H]3c3ccccc3)cc21. The highest BCUT2D eigenvalue weighted by atomic mass is 19.4. The number of likely N-dealkylation sites (tertiary alicyclic amines) is 1. The fourth-order valence-electron chi connectivity index (χ4n) is 5.30. The van der Waals surface area contributed by atoms with Crippen LogP contribution < -0.4 is 4.90 Å². The summed E-state index contributed by atoms with van der Waals surface area (Å²) in [6.45, 7) is 1.08. The first-order chi connectivity index (χ1) is 17.8. The van der Waals surface area contributed by atoms with Crippen LogP contribution in [0.5, 0.6) is 0 Å². The molecule has 1 aromatic heterocycles. The van der Waals surface area contributed by atoms with E-state index in [-0.39, 0.29) is 24.3 Å². The van der Waals surface area contributed by atoms with Crippen LogP contribution in [0, 0.1) is 0 Å². The summed E-state index contributed by atoms with van der Waals surface area (Å²) >= 11 is 0. The van der Waals surface area contributed by atoms with E-state index in [1.54, 1.807) is 17.2 Å². The number of amides is 2. The van der Waals surface area contributed by atoms with Gasteiger partial charge in [-0.25, -0.2) is 0 Å². The maximum absolute atomic E-state index is 13.6. The standard InChI is InChI=1S/C29H28F3N3O2/c30-29(31,32)23-11-6-8-20(16-23)17-27(36)34-15-7-12-24-26(34)18-22(19-33-24)28(37)35-14-5-4-13-25(35)21-9-2-1-3-10-21/h1-3,6,8-11,16,18-19,25H,4-5,7,12-15,17H2/t25-/m1/s1. The third-order valence-corrected chi connectivity index (χ3v) is 7.14. The van der Waals surface area contributed by atoms with E-state index in [0.29, 0.717) is 42.7 Å². The average Bonchev–Trinajstić information content (AvgIpc) is 2.92. The van der Waals surface area contributed by atoms with Crippen molar-refractivity contribution >= 4 is 17.5 Å². The lowest BCUT2D eigenvalue weighted by molar-refractivity contribution is -0.137. The molecule has 0 saturated carbocycles. The lowest BCUT2D eigenvalue weighted by atomic mass is 9.94. The van der Waals surface area contributed by atoms with E-state index in [1.807, 2.05) is 35.2 Å². The largest absolute Gasteiger partial charge is 0.416 e. The zero-order valence-electron chi connectivity index (χ0n) is 20.4. The minimum atomic E-state index is -4.47. The number of alkyl halides is 3. The number of pyridine rings is 1. The molecule has 1 atom stereocenters. The van der Waals surface area contributed by atoms with Gasteiger partial charge in [-0.05, 0) is 55.4 Å². The number of piperidine rings is 1. The summed E-state index contributed by atoms with van der Waals surface area (Å²) in [7, 11) is 0. The van der Waals surface area contributed by atoms with E-state index in [0.717, 1.165) is 42.7 Å². The molecule has 0 radical (unpaired) electrons. The second kappa shape index (κ2) is 10.4. The molecule has 8 heteroatoms. The van der Waals surface area contributed by atoms with Gasteiger partial charge in [-0.1, -0.05) is 48.5 Å². The Morgan fingerprint density at radius 3 is 2.54 bits per heavy atom. The van der Waals surface area contributed by atoms with Gasteiger partial charge in [-0.15, -0.1) is 0 Å². The van der Waals surface area contributed by atoms with Gasteiger partial charge in [-0.3, -0.25) is 14.6 Å². The van der Waals surface area contributed by atoms with Crippen LogP contribution in [0.3, 0.4) is 0 Å². The predicted octanol–water partition coefficient (Wildman–Crippen LogP) is 5.99. The Labute approximate surface area is 213 Å². The number of aromatic nitrogens is 1. The van der Waals surface area contributed by atoms with Gasteiger partial charge in [0.1, 0.15) is 0 Å². The van der Waals surface area contributed by atoms with Crippen molar-refractivity contribution in [2.45, 2.75) is 50.7 Å². The van der Waals surface area contributed by atoms with Crippen LogP contribution in [-0.4, -0.2) is 34.8 Å². The van der Waals surface area contributed by atoms with Crippen LogP contribution in [0.2, 0.25) is 0 Å². The van der Waals surface area contributed by atoms with Crippen molar-refractivity contribution in [1.82, 2.24) is 9.88 Å². The second-order valence-electron chi connectivity index (χ2n) is 9.63. The molecule has 3 aromatic rings. The molecule has 3 heterocycles. The lowest BCUT2D eigenvalue weighted by Crippen LogP contribution is -2.39. The number of rotatable bonds is 4. The first kappa shape index (κ1) is 25.0. The average molecular weight is 508 g/mol. The molecule has 0 N–H and O–H groups in total. The maximum atomic E-state index is 13.6. The Morgan fingerprint density at radius 2 is 1.76 bits per heavy atom. The molecule has 5 nitrogen and oxygen atoms in total. The highest BCUT2D eigenvalue weighted by molar-refractivity contribution is 5.99. The molecule has 0 bridgehead atoms. The summed E-state index contributed by atoms with van der Waals surface area (Å²) in [6.07, 6.45) is 1.18. The normalized spacial score (nSPS) is 17.9. The van der Waals surface area contributed by atoms with E-state index < -0.39 is 11.7 Å². The van der Waals surface area contributed by atoms with Crippen LogP contribution in [0.25, 0.3) is 0 Å². The highest BCUT2D eigenvalue weighted by Crippen LogP contribution is 2.34. The van der Waals surface area contributed by atoms with Gasteiger partial charge in [0.05, 0.1) is 35.0 Å². The molecular weight excluding hydrogens is 479 g/mol. The zero-order chi connectivity index (χ0) is 26.0. The Bertz CT molecular complexity index is 1290. The lowest BCUT2D eigenvalue weighted by Gasteiger charge is -2.36. The van der Waals surface area contributed by atoms with Gasteiger partial charge in [0.25, 0.3) is 5.91 Å². The van der Waals surface area contributed by atoms with E-state index in [1.165, 1.54) is 12.1 Å². The van der Waals surface area contributed by atoms with E-state index >= 15 is 0 Å². The monoisotopic (exact) mass is 507 g/mol. The molecule has 37 heavy (non-hydrogen) atoms. The first-order valence-corrected chi connectivity index (χ1v) is 12.6. The number of hydrogen-bond donors (Lipinski definition) is 0. The van der Waals surface area contributed by atoms with Crippen molar-refractivity contribution in [3.05, 3.63) is 94.8 Å². The van der Waals surface area contributed by atoms with E-state index in [9.17, 15) is 22.8 Å². The summed E-state index contributed by atoms with van der Waals surface area (Å²) in [4.78, 5) is 34.9. The number of aryl methyl sites for hydroxylation is 1. The van der Waals surface area contributed by atoms with Gasteiger partial charge in [0.2, 0.25) is 5.91 Å². The molecule has 2 aromatic carbocycles. The molecule has 1 fully saturated rings. The van der Waals surface area contributed by atoms with Crippen LogP contribution in [0.1, 0.15) is 64.5 Å². The number of anilines is 1. The molecule has 2 aliphatic rings. The van der Waals surface area contributed by atoms with Crippen molar-refractivity contribution < 1.29 is 22.8 Å². The fraction of sp³-hybridized carbons (Fsp3) is 0.345. The molecule has 0 aliphatic carbocycles. The summed E-state index contributed by atoms with van der Waals surface area (Å²) in [5.74, 6) is -0.438. The van der Waals surface area contributed by atoms with Crippen molar-refractivity contribution in [2.24, 2.45) is 0 Å². The van der Waals surface area contributed by atoms with Crippen molar-refractivity contribution in [1.29, 1.82) is 0 Å². The number of carbonyl (C=O) groups excluding carboxylic acids is 2. The zero-order valence-corrected chi connectivity index (χ0v) is 20.4. The first-order valence-electron chi connectivity index (χ1n) is 12.6. The minimum absolute atomic E-state index is 0.0165. The Balaban J connectivity index is 1.39. The predicted molar refractivity (Wildman–Crippen MR) is 134 cm³/mol. The number of carbonyl (C=O) groups is 2. The number of fused-ring (bicyclic) bond motifs is 1. The van der Waals surface area contributed by atoms with Crippen LogP contribution in [-0.2, 0) is 23.8 Å². The number of halogens is 3. The molecular formula is C29H28F3N3O2. The number of hydrogen-bond acceptors (Lipinski definition) is 3. The second-order valence-corrected chi connectivity index (χ2v) is 9.63. The summed E-state index contributed by atoms with van der Waals surface area (Å²) in [6, 6.07) is 16.5. The van der Waals surface area contributed by atoms with Gasteiger partial charge in [-0.2, -0.15) is 13.2 Å². The summed E-state index contributed by atoms with van der Waals surface area (Å²) in [5, 5.41) is 0. The smallest absolute Gasteiger partial charge is 0.332 e. The van der Waals surface area contributed by atoms with Crippen molar-refractivity contribution in [3.8, 4) is 0 Å². The quantitative estimate of drug-likeness (QED) is 0.436. The van der Waals surface area contributed by atoms with Gasteiger partial charge in [0, 0.05) is 19.3 Å². The Kier molecular flexibility index (Phi) is 7.00.